The van der Waals surface area contributed by atoms with Crippen LogP contribution in [0.5, 0.6) is 0 Å². The van der Waals surface area contributed by atoms with E-state index in [-0.39, 0.29) is 5.25 Å². The van der Waals surface area contributed by atoms with Gasteiger partial charge in [-0.15, -0.1) is 0 Å². The second kappa shape index (κ2) is 5.27. The Labute approximate surface area is 107 Å². The molecule has 17 heavy (non-hydrogen) atoms. The maximum Gasteiger partial charge on any atom is 0.216 e. The van der Waals surface area contributed by atoms with Crippen LogP contribution >= 0.6 is 0 Å². The summed E-state index contributed by atoms with van der Waals surface area (Å²) < 4.78 is 26.0. The Kier molecular flexibility index (Phi) is 4.64. The van der Waals surface area contributed by atoms with Crippen molar-refractivity contribution in [3.05, 3.63) is 0 Å². The van der Waals surface area contributed by atoms with Crippen LogP contribution < -0.4 is 0 Å². The smallest absolute Gasteiger partial charge is 0.212 e. The van der Waals surface area contributed by atoms with Crippen LogP contribution in [-0.4, -0.2) is 31.1 Å². The maximum atomic E-state index is 12.1. The van der Waals surface area contributed by atoms with Gasteiger partial charge in [-0.3, -0.25) is 0 Å². The lowest BCUT2D eigenvalue weighted by Crippen LogP contribution is -2.37. The fourth-order valence-corrected chi connectivity index (χ4v) is 3.73. The van der Waals surface area contributed by atoms with Crippen molar-refractivity contribution in [2.75, 3.05) is 13.1 Å². The molecule has 0 radical (unpaired) electrons. The van der Waals surface area contributed by atoms with E-state index in [2.05, 4.69) is 20.8 Å². The van der Waals surface area contributed by atoms with Crippen molar-refractivity contribution >= 4 is 10.0 Å². The number of rotatable bonds is 3. The summed E-state index contributed by atoms with van der Waals surface area (Å²) in [5, 5.41) is -0.300. The summed E-state index contributed by atoms with van der Waals surface area (Å²) in [5.41, 5.74) is 0.293. The molecule has 1 aliphatic rings. The zero-order valence-electron chi connectivity index (χ0n) is 11.9. The first-order chi connectivity index (χ1) is 7.70. The SMILES string of the molecule is CC(C)C1(C)CCCN(S(=O)(=O)C(C)C)CC1. The number of nitrogens with zero attached hydrogens (tertiary/aromatic N) is 1. The van der Waals surface area contributed by atoms with Crippen LogP contribution in [0.4, 0.5) is 0 Å². The topological polar surface area (TPSA) is 37.4 Å². The first-order valence-corrected chi connectivity index (χ1v) is 8.19. The summed E-state index contributed by atoms with van der Waals surface area (Å²) in [6, 6.07) is 0. The molecule has 0 aliphatic carbocycles. The van der Waals surface area contributed by atoms with Crippen molar-refractivity contribution < 1.29 is 8.42 Å². The van der Waals surface area contributed by atoms with E-state index in [0.29, 0.717) is 24.4 Å². The molecular weight excluding hydrogens is 234 g/mol. The molecule has 102 valence electrons. The molecule has 1 saturated heterocycles. The van der Waals surface area contributed by atoms with Crippen molar-refractivity contribution in [1.29, 1.82) is 0 Å². The minimum absolute atomic E-state index is 0.293. The molecule has 0 bridgehead atoms. The third kappa shape index (κ3) is 3.22. The molecule has 0 spiro atoms. The van der Waals surface area contributed by atoms with Crippen LogP contribution in [0, 0.1) is 11.3 Å². The van der Waals surface area contributed by atoms with Crippen LogP contribution in [-0.2, 0) is 10.0 Å². The van der Waals surface area contributed by atoms with Crippen LogP contribution in [0.1, 0.15) is 53.9 Å². The van der Waals surface area contributed by atoms with Crippen molar-refractivity contribution in [3.8, 4) is 0 Å². The average molecular weight is 261 g/mol. The van der Waals surface area contributed by atoms with Gasteiger partial charge in [0.05, 0.1) is 5.25 Å². The fraction of sp³-hybridized carbons (Fsp3) is 1.00. The van der Waals surface area contributed by atoms with Crippen molar-refractivity contribution in [2.24, 2.45) is 11.3 Å². The largest absolute Gasteiger partial charge is 0.216 e. The van der Waals surface area contributed by atoms with Crippen molar-refractivity contribution in [2.45, 2.75) is 59.1 Å². The first kappa shape index (κ1) is 15.0. The van der Waals surface area contributed by atoms with Gasteiger partial charge in [0, 0.05) is 13.1 Å². The number of hydrogen-bond acceptors (Lipinski definition) is 2. The Hall–Kier alpha value is -0.0900. The van der Waals surface area contributed by atoms with E-state index < -0.39 is 10.0 Å². The summed E-state index contributed by atoms with van der Waals surface area (Å²) in [6.07, 6.45) is 3.10. The van der Waals surface area contributed by atoms with E-state index in [4.69, 9.17) is 0 Å². The zero-order chi connectivity index (χ0) is 13.3. The second-order valence-electron chi connectivity index (χ2n) is 6.16. The van der Waals surface area contributed by atoms with Gasteiger partial charge in [0.15, 0.2) is 0 Å². The van der Waals surface area contributed by atoms with Crippen molar-refractivity contribution in [1.82, 2.24) is 4.31 Å². The highest BCUT2D eigenvalue weighted by molar-refractivity contribution is 7.89. The van der Waals surface area contributed by atoms with E-state index >= 15 is 0 Å². The van der Waals surface area contributed by atoms with Gasteiger partial charge in [-0.1, -0.05) is 20.8 Å². The molecule has 1 atom stereocenters. The molecule has 1 fully saturated rings. The Morgan fingerprint density at radius 2 is 1.65 bits per heavy atom. The Bertz CT molecular complexity index is 348. The molecule has 1 heterocycles. The minimum Gasteiger partial charge on any atom is -0.212 e. The summed E-state index contributed by atoms with van der Waals surface area (Å²) in [5.74, 6) is 0.615. The molecule has 1 unspecified atom stereocenters. The molecule has 1 aliphatic heterocycles. The summed E-state index contributed by atoms with van der Waals surface area (Å²) in [6.45, 7) is 11.7. The third-order valence-electron chi connectivity index (χ3n) is 4.44. The Balaban J connectivity index is 2.79. The molecule has 0 N–H and O–H groups in total. The Morgan fingerprint density at radius 3 is 2.12 bits per heavy atom. The average Bonchev–Trinajstić information content (AvgIpc) is 2.41. The van der Waals surface area contributed by atoms with E-state index in [0.717, 1.165) is 19.3 Å². The predicted octanol–water partition coefficient (Wildman–Crippen LogP) is 2.87. The molecule has 4 heteroatoms. The highest BCUT2D eigenvalue weighted by Gasteiger charge is 2.34. The molecular formula is C13H27NO2S. The lowest BCUT2D eigenvalue weighted by Gasteiger charge is -2.32. The first-order valence-electron chi connectivity index (χ1n) is 6.69. The van der Waals surface area contributed by atoms with E-state index in [1.165, 1.54) is 0 Å². The summed E-state index contributed by atoms with van der Waals surface area (Å²) >= 11 is 0. The van der Waals surface area contributed by atoms with Gasteiger partial charge < -0.3 is 0 Å². The van der Waals surface area contributed by atoms with Gasteiger partial charge in [-0.2, -0.15) is 0 Å². The Morgan fingerprint density at radius 1 is 1.06 bits per heavy atom. The molecule has 1 rings (SSSR count). The van der Waals surface area contributed by atoms with Gasteiger partial charge in [-0.05, 0) is 44.4 Å². The molecule has 0 saturated carbocycles. The molecule has 0 aromatic carbocycles. The highest BCUT2D eigenvalue weighted by atomic mass is 32.2. The van der Waals surface area contributed by atoms with E-state index in [1.54, 1.807) is 18.2 Å². The zero-order valence-corrected chi connectivity index (χ0v) is 12.7. The number of hydrogen-bond donors (Lipinski definition) is 0. The lowest BCUT2D eigenvalue weighted by molar-refractivity contribution is 0.188. The minimum atomic E-state index is -3.07. The van der Waals surface area contributed by atoms with Gasteiger partial charge >= 0.3 is 0 Å². The molecule has 0 amide bonds. The monoisotopic (exact) mass is 261 g/mol. The van der Waals surface area contributed by atoms with Crippen LogP contribution in [0.3, 0.4) is 0 Å². The maximum absolute atomic E-state index is 12.1. The van der Waals surface area contributed by atoms with Gasteiger partial charge in [-0.25, -0.2) is 12.7 Å². The van der Waals surface area contributed by atoms with Gasteiger partial charge in [0.2, 0.25) is 10.0 Å². The lowest BCUT2D eigenvalue weighted by atomic mass is 9.73. The summed E-state index contributed by atoms with van der Waals surface area (Å²) in [4.78, 5) is 0. The van der Waals surface area contributed by atoms with Gasteiger partial charge in [0.25, 0.3) is 0 Å². The van der Waals surface area contributed by atoms with Crippen LogP contribution in [0.25, 0.3) is 0 Å². The normalized spacial score (nSPS) is 28.6. The van der Waals surface area contributed by atoms with Gasteiger partial charge in [0.1, 0.15) is 0 Å². The van der Waals surface area contributed by atoms with Crippen LogP contribution in [0.15, 0.2) is 0 Å². The third-order valence-corrected chi connectivity index (χ3v) is 6.71. The second-order valence-corrected chi connectivity index (χ2v) is 8.64. The molecule has 0 aromatic rings. The van der Waals surface area contributed by atoms with E-state index in [1.807, 2.05) is 0 Å². The number of sulfonamides is 1. The van der Waals surface area contributed by atoms with E-state index in [9.17, 15) is 8.42 Å². The summed E-state index contributed by atoms with van der Waals surface area (Å²) in [7, 11) is -3.07. The quantitative estimate of drug-likeness (QED) is 0.783. The standard InChI is InChI=1S/C13H27NO2S/c1-11(2)13(5)7-6-9-14(10-8-13)17(15,16)12(3)4/h11-12H,6-10H2,1-5H3. The molecule has 0 aromatic heterocycles. The molecule has 3 nitrogen and oxygen atoms in total. The van der Waals surface area contributed by atoms with Crippen molar-refractivity contribution in [3.63, 3.8) is 0 Å². The van der Waals surface area contributed by atoms with Crippen LogP contribution in [0.2, 0.25) is 0 Å². The fourth-order valence-electron chi connectivity index (χ4n) is 2.41. The highest BCUT2D eigenvalue weighted by Crippen LogP contribution is 2.38. The predicted molar refractivity (Wildman–Crippen MR) is 72.4 cm³/mol.